The normalized spacial score (nSPS) is 11.3. The Morgan fingerprint density at radius 1 is 1.00 bits per heavy atom. The van der Waals surface area contributed by atoms with Crippen molar-refractivity contribution in [1.29, 1.82) is 0 Å². The summed E-state index contributed by atoms with van der Waals surface area (Å²) in [6, 6.07) is 16.7. The van der Waals surface area contributed by atoms with Crippen molar-refractivity contribution in [3.8, 4) is 0 Å². The molecule has 4 aromatic rings. The van der Waals surface area contributed by atoms with Gasteiger partial charge >= 0.3 is 0 Å². The zero-order valence-corrected chi connectivity index (χ0v) is 13.8. The van der Waals surface area contributed by atoms with E-state index in [0.717, 1.165) is 33.2 Å². The number of furan rings is 1. The maximum atomic E-state index is 13.6. The highest BCUT2D eigenvalue weighted by atomic mass is 35.5. The first-order valence-corrected chi connectivity index (χ1v) is 8.09. The molecular formula is C20H15ClFNO. The minimum Gasteiger partial charge on any atom is -0.456 e. The molecule has 0 aliphatic carbocycles. The number of fused-ring (bicyclic) bond motifs is 3. The summed E-state index contributed by atoms with van der Waals surface area (Å²) in [4.78, 5) is 0. The van der Waals surface area contributed by atoms with Crippen molar-refractivity contribution in [2.24, 2.45) is 0 Å². The Bertz CT molecular complexity index is 1050. The van der Waals surface area contributed by atoms with Gasteiger partial charge in [0.2, 0.25) is 0 Å². The summed E-state index contributed by atoms with van der Waals surface area (Å²) in [5.41, 5.74) is 4.20. The van der Waals surface area contributed by atoms with Gasteiger partial charge in [0.15, 0.2) is 0 Å². The lowest BCUT2D eigenvalue weighted by Crippen LogP contribution is -2.02. The maximum absolute atomic E-state index is 13.6. The van der Waals surface area contributed by atoms with E-state index in [0.29, 0.717) is 17.1 Å². The molecule has 0 aliphatic rings. The van der Waals surface area contributed by atoms with Gasteiger partial charge in [0, 0.05) is 28.0 Å². The predicted molar refractivity (Wildman–Crippen MR) is 97.2 cm³/mol. The first-order valence-electron chi connectivity index (χ1n) is 7.71. The topological polar surface area (TPSA) is 25.2 Å². The largest absolute Gasteiger partial charge is 0.456 e. The number of anilines is 1. The Labute approximate surface area is 143 Å². The molecule has 0 unspecified atom stereocenters. The molecule has 0 bridgehead atoms. The van der Waals surface area contributed by atoms with Crippen LogP contribution in [0.3, 0.4) is 0 Å². The van der Waals surface area contributed by atoms with Gasteiger partial charge in [-0.15, -0.1) is 0 Å². The van der Waals surface area contributed by atoms with Crippen molar-refractivity contribution in [1.82, 2.24) is 0 Å². The van der Waals surface area contributed by atoms with Gasteiger partial charge in [0.25, 0.3) is 0 Å². The fourth-order valence-corrected chi connectivity index (χ4v) is 3.07. The van der Waals surface area contributed by atoms with E-state index >= 15 is 0 Å². The van der Waals surface area contributed by atoms with Gasteiger partial charge < -0.3 is 9.73 Å². The maximum Gasteiger partial charge on any atom is 0.135 e. The molecule has 0 spiro atoms. The van der Waals surface area contributed by atoms with Crippen LogP contribution in [0.25, 0.3) is 21.9 Å². The Balaban J connectivity index is 1.68. The average molecular weight is 340 g/mol. The van der Waals surface area contributed by atoms with Crippen LogP contribution in [0.1, 0.15) is 11.1 Å². The summed E-state index contributed by atoms with van der Waals surface area (Å²) in [5, 5.41) is 6.03. The van der Waals surface area contributed by atoms with Crippen molar-refractivity contribution in [3.63, 3.8) is 0 Å². The lowest BCUT2D eigenvalue weighted by atomic mass is 10.1. The van der Waals surface area contributed by atoms with E-state index in [9.17, 15) is 4.39 Å². The molecule has 1 heterocycles. The van der Waals surface area contributed by atoms with E-state index in [1.54, 1.807) is 13.0 Å². The fourth-order valence-electron chi connectivity index (χ4n) is 2.90. The van der Waals surface area contributed by atoms with Gasteiger partial charge in [-0.1, -0.05) is 23.7 Å². The minimum absolute atomic E-state index is 0.180. The van der Waals surface area contributed by atoms with Crippen LogP contribution in [0.5, 0.6) is 0 Å². The van der Waals surface area contributed by atoms with Crippen LogP contribution in [-0.2, 0) is 6.54 Å². The fraction of sp³-hybridized carbons (Fsp3) is 0.100. The zero-order valence-electron chi connectivity index (χ0n) is 13.1. The third-order valence-corrected chi connectivity index (χ3v) is 4.53. The molecule has 120 valence electrons. The van der Waals surface area contributed by atoms with Gasteiger partial charge in [0.05, 0.1) is 0 Å². The molecule has 0 aliphatic heterocycles. The summed E-state index contributed by atoms with van der Waals surface area (Å²) in [6.07, 6.45) is 0. The molecular weight excluding hydrogens is 325 g/mol. The molecule has 2 nitrogen and oxygen atoms in total. The molecule has 1 N–H and O–H groups in total. The molecule has 1 aromatic heterocycles. The quantitative estimate of drug-likeness (QED) is 0.474. The van der Waals surface area contributed by atoms with E-state index in [1.165, 1.54) is 6.07 Å². The van der Waals surface area contributed by atoms with Crippen LogP contribution in [0.15, 0.2) is 59.0 Å². The second kappa shape index (κ2) is 5.84. The summed E-state index contributed by atoms with van der Waals surface area (Å²) >= 11 is 6.10. The molecule has 4 rings (SSSR count). The first kappa shape index (κ1) is 15.0. The van der Waals surface area contributed by atoms with Crippen molar-refractivity contribution < 1.29 is 8.81 Å². The van der Waals surface area contributed by atoms with Gasteiger partial charge in [-0.3, -0.25) is 0 Å². The first-order chi connectivity index (χ1) is 11.6. The molecule has 0 saturated carbocycles. The van der Waals surface area contributed by atoms with E-state index < -0.39 is 0 Å². The third kappa shape index (κ3) is 2.61. The van der Waals surface area contributed by atoms with Gasteiger partial charge in [0.1, 0.15) is 17.0 Å². The van der Waals surface area contributed by atoms with Crippen molar-refractivity contribution >= 4 is 39.2 Å². The Morgan fingerprint density at radius 2 is 1.75 bits per heavy atom. The number of rotatable bonds is 3. The van der Waals surface area contributed by atoms with Crippen molar-refractivity contribution in [2.45, 2.75) is 13.5 Å². The molecule has 0 amide bonds. The summed E-state index contributed by atoms with van der Waals surface area (Å²) < 4.78 is 19.5. The average Bonchev–Trinajstić information content (AvgIpc) is 2.93. The Kier molecular flexibility index (Phi) is 3.66. The predicted octanol–water partition coefficient (Wildman–Crippen LogP) is 6.30. The number of benzene rings is 3. The van der Waals surface area contributed by atoms with Crippen LogP contribution in [0, 0.1) is 12.7 Å². The standard InChI is InChI=1S/C20H15ClFNO/c1-12-13(3-2-4-18(12)22)11-23-15-6-8-20-17(10-15)16-9-14(21)5-7-19(16)24-20/h2-10,23H,11H2,1H3. The summed E-state index contributed by atoms with van der Waals surface area (Å²) in [6.45, 7) is 2.35. The van der Waals surface area contributed by atoms with E-state index in [-0.39, 0.29) is 5.82 Å². The second-order valence-corrected chi connectivity index (χ2v) is 6.27. The molecule has 3 aromatic carbocycles. The minimum atomic E-state index is -0.180. The molecule has 0 fully saturated rings. The smallest absolute Gasteiger partial charge is 0.135 e. The Hall–Kier alpha value is -2.52. The van der Waals surface area contributed by atoms with Gasteiger partial charge in [-0.25, -0.2) is 4.39 Å². The Morgan fingerprint density at radius 3 is 2.58 bits per heavy atom. The molecule has 0 radical (unpaired) electrons. The lowest BCUT2D eigenvalue weighted by molar-refractivity contribution is 0.616. The lowest BCUT2D eigenvalue weighted by Gasteiger charge is -2.09. The zero-order chi connectivity index (χ0) is 16.7. The SMILES string of the molecule is Cc1c(F)cccc1CNc1ccc2oc3ccc(Cl)cc3c2c1. The number of hydrogen-bond acceptors (Lipinski definition) is 2. The second-order valence-electron chi connectivity index (χ2n) is 5.83. The van der Waals surface area contributed by atoms with Gasteiger partial charge in [-0.2, -0.15) is 0 Å². The summed E-state index contributed by atoms with van der Waals surface area (Å²) in [7, 11) is 0. The number of halogens is 2. The van der Waals surface area contributed by atoms with Crippen LogP contribution in [0.4, 0.5) is 10.1 Å². The molecule has 4 heteroatoms. The van der Waals surface area contributed by atoms with E-state index in [2.05, 4.69) is 5.32 Å². The van der Waals surface area contributed by atoms with Crippen LogP contribution < -0.4 is 5.32 Å². The summed E-state index contributed by atoms with van der Waals surface area (Å²) in [5.74, 6) is -0.180. The van der Waals surface area contributed by atoms with Gasteiger partial charge in [-0.05, 0) is 60.5 Å². The number of hydrogen-bond donors (Lipinski definition) is 1. The van der Waals surface area contributed by atoms with Crippen LogP contribution >= 0.6 is 11.6 Å². The highest BCUT2D eigenvalue weighted by Gasteiger charge is 2.09. The highest BCUT2D eigenvalue weighted by Crippen LogP contribution is 2.32. The highest BCUT2D eigenvalue weighted by molar-refractivity contribution is 6.31. The van der Waals surface area contributed by atoms with Crippen LogP contribution in [0.2, 0.25) is 5.02 Å². The van der Waals surface area contributed by atoms with Crippen LogP contribution in [-0.4, -0.2) is 0 Å². The molecule has 0 atom stereocenters. The van der Waals surface area contributed by atoms with E-state index in [1.807, 2.05) is 42.5 Å². The molecule has 0 saturated heterocycles. The molecule has 24 heavy (non-hydrogen) atoms. The van der Waals surface area contributed by atoms with E-state index in [4.69, 9.17) is 16.0 Å². The third-order valence-electron chi connectivity index (χ3n) is 4.29. The van der Waals surface area contributed by atoms with Crippen molar-refractivity contribution in [3.05, 3.63) is 76.6 Å². The number of nitrogens with one attached hydrogen (secondary N) is 1. The monoisotopic (exact) mass is 339 g/mol. The van der Waals surface area contributed by atoms with Crippen molar-refractivity contribution in [2.75, 3.05) is 5.32 Å².